The number of carbonyl (C=O) groups is 2. The summed E-state index contributed by atoms with van der Waals surface area (Å²) in [5, 5.41) is 20.1. The van der Waals surface area contributed by atoms with Crippen molar-refractivity contribution in [1.82, 2.24) is 4.90 Å². The van der Waals surface area contributed by atoms with Crippen molar-refractivity contribution in [2.24, 2.45) is 0 Å². The maximum absolute atomic E-state index is 12.6. The zero-order valence-electron chi connectivity index (χ0n) is 23.4. The molecule has 0 bridgehead atoms. The van der Waals surface area contributed by atoms with E-state index in [1.807, 2.05) is 35.2 Å². The first kappa shape index (κ1) is 28.3. The van der Waals surface area contributed by atoms with E-state index in [0.717, 1.165) is 36.0 Å². The number of carbonyl (C=O) groups excluding carboxylic acids is 1. The van der Waals surface area contributed by atoms with E-state index < -0.39 is 12.1 Å². The van der Waals surface area contributed by atoms with E-state index in [0.29, 0.717) is 13.0 Å². The van der Waals surface area contributed by atoms with Crippen LogP contribution in [0.3, 0.4) is 0 Å². The molecule has 0 aromatic heterocycles. The second kappa shape index (κ2) is 12.0. The predicted molar refractivity (Wildman–Crippen MR) is 156 cm³/mol. The highest BCUT2D eigenvalue weighted by Crippen LogP contribution is 2.35. The van der Waals surface area contributed by atoms with E-state index in [1.165, 1.54) is 16.7 Å². The fraction of sp³-hybridized carbons (Fsp3) is 0.353. The summed E-state index contributed by atoms with van der Waals surface area (Å²) < 4.78 is 0. The molecule has 1 aliphatic rings. The molecule has 2 N–H and O–H groups in total. The van der Waals surface area contributed by atoms with E-state index in [2.05, 4.69) is 58.0 Å². The molecule has 1 aliphatic heterocycles. The number of aromatic carboxylic acids is 1. The minimum Gasteiger partial charge on any atom is -0.478 e. The van der Waals surface area contributed by atoms with E-state index >= 15 is 0 Å². The molecule has 39 heavy (non-hydrogen) atoms. The van der Waals surface area contributed by atoms with E-state index in [1.54, 1.807) is 18.2 Å². The van der Waals surface area contributed by atoms with Crippen molar-refractivity contribution in [3.63, 3.8) is 0 Å². The molecule has 0 spiro atoms. The summed E-state index contributed by atoms with van der Waals surface area (Å²) in [5.74, 6) is -0.797. The van der Waals surface area contributed by atoms with Crippen LogP contribution in [-0.2, 0) is 16.6 Å². The van der Waals surface area contributed by atoms with Crippen molar-refractivity contribution in [2.45, 2.75) is 70.9 Å². The third-order valence-corrected chi connectivity index (χ3v) is 7.48. The number of benzene rings is 3. The number of carboxylic acid groups (broad SMARTS) is 1. The first-order valence-electron chi connectivity index (χ1n) is 13.7. The van der Waals surface area contributed by atoms with Crippen LogP contribution in [0.15, 0.2) is 78.9 Å². The largest absolute Gasteiger partial charge is 0.478 e. The Kier molecular flexibility index (Phi) is 8.71. The Labute approximate surface area is 231 Å². The lowest BCUT2D eigenvalue weighted by molar-refractivity contribution is -0.128. The zero-order valence-corrected chi connectivity index (χ0v) is 23.4. The van der Waals surface area contributed by atoms with Crippen molar-refractivity contribution in [3.05, 3.63) is 107 Å². The molecule has 2 atom stereocenters. The normalized spacial score (nSPS) is 16.7. The van der Waals surface area contributed by atoms with Gasteiger partial charge in [-0.3, -0.25) is 4.79 Å². The minimum absolute atomic E-state index is 0.00370. The molecule has 1 saturated heterocycles. The van der Waals surface area contributed by atoms with Gasteiger partial charge in [-0.2, -0.15) is 0 Å². The van der Waals surface area contributed by atoms with Gasteiger partial charge in [0.2, 0.25) is 5.91 Å². The fourth-order valence-corrected chi connectivity index (χ4v) is 5.28. The average molecular weight is 526 g/mol. The second-order valence-electron chi connectivity index (χ2n) is 11.6. The van der Waals surface area contributed by atoms with Gasteiger partial charge in [-0.15, -0.1) is 0 Å². The van der Waals surface area contributed by atoms with Crippen LogP contribution in [0.25, 0.3) is 11.1 Å². The number of aliphatic hydroxyl groups excluding tert-OH is 1. The number of amides is 1. The zero-order chi connectivity index (χ0) is 28.2. The van der Waals surface area contributed by atoms with Gasteiger partial charge >= 0.3 is 5.97 Å². The molecule has 204 valence electrons. The Morgan fingerprint density at radius 2 is 1.82 bits per heavy atom. The molecular weight excluding hydrogens is 486 g/mol. The molecular formula is C34H39NO4. The Morgan fingerprint density at radius 3 is 2.51 bits per heavy atom. The predicted octanol–water partition coefficient (Wildman–Crippen LogP) is 6.87. The molecule has 1 fully saturated rings. The van der Waals surface area contributed by atoms with Gasteiger partial charge in [0.15, 0.2) is 0 Å². The average Bonchev–Trinajstić information content (AvgIpc) is 3.26. The standard InChI is InChI=1S/C34H39NO4/c1-23-10-17-29(30(21-23)34(2,3)4)26-8-5-9-27(22-26)31(36)18-15-28-16-19-32(37)35(28)20-6-7-24-11-13-25(14-12-24)33(38)39/h5,8-15,17-18,21-22,28,31,36H,6-7,16,19-20H2,1-4H3,(H,38,39)/b18-15+. The molecule has 3 aromatic carbocycles. The van der Waals surface area contributed by atoms with Crippen molar-refractivity contribution in [2.75, 3.05) is 6.54 Å². The van der Waals surface area contributed by atoms with Gasteiger partial charge in [-0.05, 0) is 77.6 Å². The van der Waals surface area contributed by atoms with Crippen LogP contribution in [0.1, 0.15) is 78.7 Å². The first-order valence-corrected chi connectivity index (χ1v) is 13.7. The van der Waals surface area contributed by atoms with Crippen molar-refractivity contribution in [3.8, 4) is 11.1 Å². The highest BCUT2D eigenvalue weighted by atomic mass is 16.4. The van der Waals surface area contributed by atoms with Crippen LogP contribution in [0.2, 0.25) is 0 Å². The molecule has 4 rings (SSSR count). The highest BCUT2D eigenvalue weighted by molar-refractivity contribution is 5.87. The lowest BCUT2D eigenvalue weighted by Gasteiger charge is -2.24. The lowest BCUT2D eigenvalue weighted by Crippen LogP contribution is -2.33. The van der Waals surface area contributed by atoms with Gasteiger partial charge < -0.3 is 15.1 Å². The molecule has 5 nitrogen and oxygen atoms in total. The summed E-state index contributed by atoms with van der Waals surface area (Å²) in [6.07, 6.45) is 5.82. The molecule has 5 heteroatoms. The quantitative estimate of drug-likeness (QED) is 0.299. The summed E-state index contributed by atoms with van der Waals surface area (Å²) in [5.41, 5.74) is 6.92. The lowest BCUT2D eigenvalue weighted by atomic mass is 9.81. The topological polar surface area (TPSA) is 77.8 Å². The van der Waals surface area contributed by atoms with Crippen LogP contribution in [0.5, 0.6) is 0 Å². The first-order chi connectivity index (χ1) is 18.5. The molecule has 3 aromatic rings. The summed E-state index contributed by atoms with van der Waals surface area (Å²) in [4.78, 5) is 25.5. The molecule has 0 saturated carbocycles. The summed E-state index contributed by atoms with van der Waals surface area (Å²) in [6, 6.07) is 21.5. The van der Waals surface area contributed by atoms with Crippen LogP contribution in [0.4, 0.5) is 0 Å². The van der Waals surface area contributed by atoms with Crippen LogP contribution >= 0.6 is 0 Å². The molecule has 0 radical (unpaired) electrons. The number of hydrogen-bond donors (Lipinski definition) is 2. The number of carboxylic acids is 1. The van der Waals surface area contributed by atoms with Crippen molar-refractivity contribution in [1.29, 1.82) is 0 Å². The summed E-state index contributed by atoms with van der Waals surface area (Å²) >= 11 is 0. The minimum atomic E-state index is -0.933. The third-order valence-electron chi connectivity index (χ3n) is 7.48. The SMILES string of the molecule is Cc1ccc(-c2cccc(C(O)/C=C/C3CCC(=O)N3CCCc3ccc(C(=O)O)cc3)c2)c(C(C)(C)C)c1. The van der Waals surface area contributed by atoms with Gasteiger partial charge in [0.1, 0.15) is 0 Å². The number of rotatable bonds is 9. The Morgan fingerprint density at radius 1 is 1.08 bits per heavy atom. The third kappa shape index (κ3) is 7.04. The number of nitrogens with zero attached hydrogens (tertiary/aromatic N) is 1. The Balaban J connectivity index is 1.42. The van der Waals surface area contributed by atoms with Crippen molar-refractivity contribution >= 4 is 11.9 Å². The van der Waals surface area contributed by atoms with E-state index in [9.17, 15) is 14.7 Å². The van der Waals surface area contributed by atoms with Crippen LogP contribution in [0, 0.1) is 6.92 Å². The van der Waals surface area contributed by atoms with Gasteiger partial charge in [0.05, 0.1) is 17.7 Å². The summed E-state index contributed by atoms with van der Waals surface area (Å²) in [6.45, 7) is 9.39. The fourth-order valence-electron chi connectivity index (χ4n) is 5.28. The smallest absolute Gasteiger partial charge is 0.335 e. The van der Waals surface area contributed by atoms with Gasteiger partial charge in [-0.1, -0.05) is 87.0 Å². The summed E-state index contributed by atoms with van der Waals surface area (Å²) in [7, 11) is 0. The van der Waals surface area contributed by atoms with E-state index in [4.69, 9.17) is 5.11 Å². The van der Waals surface area contributed by atoms with Crippen LogP contribution < -0.4 is 0 Å². The van der Waals surface area contributed by atoms with Crippen molar-refractivity contribution < 1.29 is 19.8 Å². The van der Waals surface area contributed by atoms with Gasteiger partial charge in [0, 0.05) is 13.0 Å². The number of likely N-dealkylation sites (tertiary alicyclic amines) is 1. The molecule has 2 unspecified atom stereocenters. The molecule has 1 heterocycles. The number of hydrogen-bond acceptors (Lipinski definition) is 3. The molecule has 0 aliphatic carbocycles. The Bertz CT molecular complexity index is 1350. The van der Waals surface area contributed by atoms with Crippen LogP contribution in [-0.4, -0.2) is 39.6 Å². The monoisotopic (exact) mass is 525 g/mol. The maximum atomic E-state index is 12.6. The van der Waals surface area contributed by atoms with E-state index in [-0.39, 0.29) is 22.9 Å². The number of aryl methyl sites for hydroxylation is 2. The highest BCUT2D eigenvalue weighted by Gasteiger charge is 2.28. The maximum Gasteiger partial charge on any atom is 0.335 e. The van der Waals surface area contributed by atoms with Gasteiger partial charge in [0.25, 0.3) is 0 Å². The van der Waals surface area contributed by atoms with Gasteiger partial charge in [-0.25, -0.2) is 4.79 Å². The molecule has 1 amide bonds. The Hall–Kier alpha value is -3.70. The second-order valence-corrected chi connectivity index (χ2v) is 11.6. The number of aliphatic hydroxyl groups is 1.